The first-order valence-corrected chi connectivity index (χ1v) is 7.76. The summed E-state index contributed by atoms with van der Waals surface area (Å²) in [6, 6.07) is 8.71. The lowest BCUT2D eigenvalue weighted by atomic mass is 10.2. The van der Waals surface area contributed by atoms with Crippen LogP contribution in [0.5, 0.6) is 0 Å². The Hall–Kier alpha value is -0.870. The van der Waals surface area contributed by atoms with Crippen LogP contribution < -0.4 is 5.32 Å². The normalized spacial score (nSPS) is 13.5. The van der Waals surface area contributed by atoms with Gasteiger partial charge in [0.25, 0.3) is 0 Å². The summed E-state index contributed by atoms with van der Waals surface area (Å²) in [6.07, 6.45) is 1.88. The molecule has 1 N–H and O–H groups in total. The lowest BCUT2D eigenvalue weighted by Crippen LogP contribution is -2.35. The second-order valence-electron chi connectivity index (χ2n) is 4.14. The number of benzene rings is 1. The maximum Gasteiger partial charge on any atom is 0.179 e. The van der Waals surface area contributed by atoms with Crippen molar-refractivity contribution in [2.45, 2.75) is 37.6 Å². The average Bonchev–Trinajstić information content (AvgIpc) is 2.30. The Bertz CT molecular complexity index is 408. The van der Waals surface area contributed by atoms with Gasteiger partial charge in [-0.15, -0.1) is 0 Å². The van der Waals surface area contributed by atoms with Crippen molar-refractivity contribution >= 4 is 9.84 Å². The van der Waals surface area contributed by atoms with Gasteiger partial charge >= 0.3 is 0 Å². The summed E-state index contributed by atoms with van der Waals surface area (Å²) in [5.41, 5.74) is 0. The lowest BCUT2D eigenvalue weighted by Gasteiger charge is -2.17. The summed E-state index contributed by atoms with van der Waals surface area (Å²) >= 11 is 0. The van der Waals surface area contributed by atoms with Gasteiger partial charge in [-0.25, -0.2) is 8.42 Å². The predicted molar refractivity (Wildman–Crippen MR) is 70.9 cm³/mol. The number of sulfone groups is 1. The van der Waals surface area contributed by atoms with Crippen molar-refractivity contribution in [1.29, 1.82) is 0 Å². The topological polar surface area (TPSA) is 46.2 Å². The highest BCUT2D eigenvalue weighted by Crippen LogP contribution is 2.13. The molecule has 17 heavy (non-hydrogen) atoms. The van der Waals surface area contributed by atoms with E-state index in [0.717, 1.165) is 19.4 Å². The summed E-state index contributed by atoms with van der Waals surface area (Å²) in [7, 11) is -3.17. The molecule has 0 amide bonds. The lowest BCUT2D eigenvalue weighted by molar-refractivity contribution is 0.513. The first-order valence-electron chi connectivity index (χ1n) is 6.11. The Balaban J connectivity index is 2.77. The molecule has 1 aromatic rings. The maximum atomic E-state index is 12.2. The van der Waals surface area contributed by atoms with E-state index < -0.39 is 9.84 Å². The van der Waals surface area contributed by atoms with E-state index in [-0.39, 0.29) is 11.8 Å². The third kappa shape index (κ3) is 4.48. The third-order valence-electron chi connectivity index (χ3n) is 2.65. The fourth-order valence-corrected chi connectivity index (χ4v) is 3.45. The highest BCUT2D eigenvalue weighted by molar-refractivity contribution is 7.91. The van der Waals surface area contributed by atoms with Crippen LogP contribution in [0.25, 0.3) is 0 Å². The Labute approximate surface area is 104 Å². The Morgan fingerprint density at radius 1 is 1.18 bits per heavy atom. The van der Waals surface area contributed by atoms with Crippen LogP contribution in [-0.2, 0) is 9.84 Å². The molecule has 0 saturated carbocycles. The highest BCUT2D eigenvalue weighted by Gasteiger charge is 2.19. The molecular weight excluding hydrogens is 234 g/mol. The number of rotatable bonds is 7. The molecule has 0 aliphatic rings. The van der Waals surface area contributed by atoms with Crippen LogP contribution in [0.15, 0.2) is 35.2 Å². The zero-order valence-electron chi connectivity index (χ0n) is 10.5. The summed E-state index contributed by atoms with van der Waals surface area (Å²) < 4.78 is 24.3. The van der Waals surface area contributed by atoms with E-state index >= 15 is 0 Å². The van der Waals surface area contributed by atoms with Crippen molar-refractivity contribution in [1.82, 2.24) is 5.32 Å². The van der Waals surface area contributed by atoms with Gasteiger partial charge in [0, 0.05) is 6.04 Å². The zero-order valence-corrected chi connectivity index (χ0v) is 11.3. The minimum atomic E-state index is -3.17. The predicted octanol–water partition coefficient (Wildman–Crippen LogP) is 2.24. The van der Waals surface area contributed by atoms with E-state index in [2.05, 4.69) is 12.2 Å². The molecule has 1 rings (SSSR count). The highest BCUT2D eigenvalue weighted by atomic mass is 32.2. The van der Waals surface area contributed by atoms with Crippen LogP contribution in [0, 0.1) is 0 Å². The summed E-state index contributed by atoms with van der Waals surface area (Å²) in [4.78, 5) is 0.416. The zero-order chi connectivity index (χ0) is 12.7. The number of hydrogen-bond acceptors (Lipinski definition) is 3. The van der Waals surface area contributed by atoms with Crippen molar-refractivity contribution < 1.29 is 8.42 Å². The Morgan fingerprint density at radius 2 is 1.82 bits per heavy atom. The molecule has 0 fully saturated rings. The minimum Gasteiger partial charge on any atom is -0.313 e. The molecule has 1 atom stereocenters. The molecule has 1 unspecified atom stereocenters. The van der Waals surface area contributed by atoms with Gasteiger partial charge in [-0.05, 0) is 25.1 Å². The average molecular weight is 255 g/mol. The largest absolute Gasteiger partial charge is 0.313 e. The first kappa shape index (κ1) is 14.2. The fourth-order valence-electron chi connectivity index (χ4n) is 1.87. The summed E-state index contributed by atoms with van der Waals surface area (Å²) in [6.45, 7) is 4.87. The van der Waals surface area contributed by atoms with Gasteiger partial charge in [-0.3, -0.25) is 0 Å². The van der Waals surface area contributed by atoms with E-state index in [9.17, 15) is 8.42 Å². The van der Waals surface area contributed by atoms with Crippen molar-refractivity contribution in [3.63, 3.8) is 0 Å². The Kier molecular flexibility index (Phi) is 5.65. The number of nitrogens with one attached hydrogen (secondary N) is 1. The molecule has 0 radical (unpaired) electrons. The molecule has 0 aromatic heterocycles. The first-order chi connectivity index (χ1) is 8.10. The van der Waals surface area contributed by atoms with Crippen molar-refractivity contribution in [2.75, 3.05) is 12.3 Å². The molecule has 0 aliphatic carbocycles. The van der Waals surface area contributed by atoms with Gasteiger partial charge in [-0.1, -0.05) is 38.5 Å². The van der Waals surface area contributed by atoms with Crippen LogP contribution >= 0.6 is 0 Å². The minimum absolute atomic E-state index is 0.0511. The van der Waals surface area contributed by atoms with Crippen LogP contribution in [0.3, 0.4) is 0 Å². The molecule has 0 bridgehead atoms. The van der Waals surface area contributed by atoms with Crippen molar-refractivity contribution in [3.8, 4) is 0 Å². The molecular formula is C13H21NO2S. The van der Waals surface area contributed by atoms with E-state index in [1.54, 1.807) is 24.3 Å². The van der Waals surface area contributed by atoms with Gasteiger partial charge in [0.05, 0.1) is 10.6 Å². The molecule has 4 heteroatoms. The van der Waals surface area contributed by atoms with Gasteiger partial charge in [0.2, 0.25) is 0 Å². The summed E-state index contributed by atoms with van der Waals surface area (Å²) in [5, 5.41) is 3.23. The smallest absolute Gasteiger partial charge is 0.179 e. The van der Waals surface area contributed by atoms with Gasteiger partial charge < -0.3 is 5.32 Å². The van der Waals surface area contributed by atoms with E-state index in [1.165, 1.54) is 0 Å². The maximum absolute atomic E-state index is 12.2. The van der Waals surface area contributed by atoms with Gasteiger partial charge in [0.15, 0.2) is 9.84 Å². The SMILES string of the molecule is CCCC(CS(=O)(=O)c1ccccc1)NCC. The van der Waals surface area contributed by atoms with Crippen LogP contribution in [0.4, 0.5) is 0 Å². The monoisotopic (exact) mass is 255 g/mol. The molecule has 0 aliphatic heterocycles. The fraction of sp³-hybridized carbons (Fsp3) is 0.538. The Morgan fingerprint density at radius 3 is 2.35 bits per heavy atom. The molecule has 96 valence electrons. The van der Waals surface area contributed by atoms with E-state index in [4.69, 9.17) is 0 Å². The molecule has 3 nitrogen and oxygen atoms in total. The number of hydrogen-bond donors (Lipinski definition) is 1. The van der Waals surface area contributed by atoms with Gasteiger partial charge in [-0.2, -0.15) is 0 Å². The molecule has 0 saturated heterocycles. The second-order valence-corrected chi connectivity index (χ2v) is 6.17. The molecule has 1 aromatic carbocycles. The second kappa shape index (κ2) is 6.77. The van der Waals surface area contributed by atoms with Crippen LogP contribution in [-0.4, -0.2) is 26.8 Å². The van der Waals surface area contributed by atoms with Crippen molar-refractivity contribution in [3.05, 3.63) is 30.3 Å². The quantitative estimate of drug-likeness (QED) is 0.812. The van der Waals surface area contributed by atoms with Gasteiger partial charge in [0.1, 0.15) is 0 Å². The van der Waals surface area contributed by atoms with Crippen LogP contribution in [0.2, 0.25) is 0 Å². The molecule has 0 heterocycles. The summed E-state index contributed by atoms with van der Waals surface area (Å²) in [5.74, 6) is 0.179. The van der Waals surface area contributed by atoms with Crippen molar-refractivity contribution in [2.24, 2.45) is 0 Å². The molecule has 0 spiro atoms. The third-order valence-corrected chi connectivity index (χ3v) is 4.48. The van der Waals surface area contributed by atoms with Crippen LogP contribution in [0.1, 0.15) is 26.7 Å². The standard InChI is InChI=1S/C13H21NO2S/c1-3-8-12(14-4-2)11-17(15,16)13-9-6-5-7-10-13/h5-7,9-10,12,14H,3-4,8,11H2,1-2H3. The van der Waals surface area contributed by atoms with E-state index in [0.29, 0.717) is 4.90 Å². The van der Waals surface area contributed by atoms with E-state index in [1.807, 2.05) is 13.0 Å².